The van der Waals surface area contributed by atoms with E-state index in [1.54, 1.807) is 12.3 Å². The Hall–Kier alpha value is -4.89. The fourth-order valence-corrected chi connectivity index (χ4v) is 8.78. The smallest absolute Gasteiger partial charge is 0.224 e. The number of benzene rings is 3. The molecule has 4 aromatic rings. The molecule has 2 amide bonds. The van der Waals surface area contributed by atoms with Gasteiger partial charge in [0.15, 0.2) is 11.6 Å². The molecule has 15 heteroatoms. The predicted octanol–water partition coefficient (Wildman–Crippen LogP) is 8.04. The SMILES string of the molecule is CC(=O)c1cc(C(C)C)c(O)cc1O.CCc1ccc(CN2CCN(C(=O)CCC(=O)Nc3cccc(Sc4ncc(N5CCC(C)(CN)CC5)nc4N)c3Cl)CC2)cc1CC. The maximum absolute atomic E-state index is 13.0. The van der Waals surface area contributed by atoms with Gasteiger partial charge < -0.3 is 36.8 Å². The third-order valence-electron chi connectivity index (χ3n) is 11.9. The van der Waals surface area contributed by atoms with Crippen molar-refractivity contribution in [1.82, 2.24) is 19.8 Å². The molecule has 2 aliphatic heterocycles. The number of nitrogens with zero attached hydrogens (tertiary/aromatic N) is 5. The van der Waals surface area contributed by atoms with E-state index in [1.807, 2.05) is 30.9 Å². The molecule has 0 bridgehead atoms. The van der Waals surface area contributed by atoms with Gasteiger partial charge in [-0.25, -0.2) is 9.97 Å². The molecule has 3 aromatic carbocycles. The monoisotopic (exact) mass is 886 g/mol. The predicted molar refractivity (Wildman–Crippen MR) is 249 cm³/mol. The third-order valence-corrected chi connectivity index (χ3v) is 13.4. The molecule has 0 aliphatic carbocycles. The molecule has 0 saturated carbocycles. The van der Waals surface area contributed by atoms with E-state index in [0.29, 0.717) is 51.6 Å². The van der Waals surface area contributed by atoms with Crippen LogP contribution in [0.5, 0.6) is 11.5 Å². The molecule has 2 saturated heterocycles. The lowest BCUT2D eigenvalue weighted by Gasteiger charge is -2.39. The van der Waals surface area contributed by atoms with Crippen LogP contribution in [0.15, 0.2) is 64.6 Å². The highest BCUT2D eigenvalue weighted by molar-refractivity contribution is 7.99. The molecule has 2 aliphatic rings. The van der Waals surface area contributed by atoms with Gasteiger partial charge in [0, 0.05) is 69.6 Å². The van der Waals surface area contributed by atoms with Crippen molar-refractivity contribution in [2.45, 2.75) is 102 Å². The molecule has 1 aromatic heterocycles. The van der Waals surface area contributed by atoms with Crippen LogP contribution in [0.2, 0.25) is 5.02 Å². The fraction of sp³-hybridized carbons (Fsp3) is 0.468. The minimum Gasteiger partial charge on any atom is -0.508 e. The van der Waals surface area contributed by atoms with Gasteiger partial charge >= 0.3 is 0 Å². The number of nitrogens with two attached hydrogens (primary N) is 2. The number of aryl methyl sites for hydroxylation is 2. The Morgan fingerprint density at radius 2 is 1.63 bits per heavy atom. The molecule has 0 unspecified atom stereocenters. The lowest BCUT2D eigenvalue weighted by atomic mass is 9.80. The van der Waals surface area contributed by atoms with Gasteiger partial charge in [0.05, 0.1) is 22.5 Å². The summed E-state index contributed by atoms with van der Waals surface area (Å²) < 4.78 is 0. The number of halogens is 1. The number of aromatic hydroxyl groups is 2. The number of hydrogen-bond donors (Lipinski definition) is 5. The molecule has 3 heterocycles. The van der Waals surface area contributed by atoms with E-state index in [2.05, 4.69) is 64.1 Å². The van der Waals surface area contributed by atoms with Crippen LogP contribution >= 0.6 is 23.4 Å². The van der Waals surface area contributed by atoms with E-state index < -0.39 is 0 Å². The molecule has 62 heavy (non-hydrogen) atoms. The molecular weight excluding hydrogens is 824 g/mol. The lowest BCUT2D eigenvalue weighted by Crippen LogP contribution is -2.48. The number of rotatable bonds is 14. The van der Waals surface area contributed by atoms with Crippen LogP contribution in [-0.2, 0) is 29.0 Å². The molecule has 6 rings (SSSR count). The van der Waals surface area contributed by atoms with Crippen LogP contribution < -0.4 is 21.7 Å². The highest BCUT2D eigenvalue weighted by atomic mass is 35.5. The molecule has 13 nitrogen and oxygen atoms in total. The van der Waals surface area contributed by atoms with Crippen LogP contribution in [-0.4, -0.2) is 93.4 Å². The Kier molecular flexibility index (Phi) is 17.0. The number of nitrogen functional groups attached to an aromatic ring is 1. The second-order valence-corrected chi connectivity index (χ2v) is 18.2. The maximum Gasteiger partial charge on any atom is 0.224 e. The first-order valence-electron chi connectivity index (χ1n) is 21.6. The summed E-state index contributed by atoms with van der Waals surface area (Å²) in [6.07, 6.45) is 6.06. The summed E-state index contributed by atoms with van der Waals surface area (Å²) >= 11 is 8.01. The number of hydrogen-bond acceptors (Lipinski definition) is 12. The van der Waals surface area contributed by atoms with Crippen molar-refractivity contribution in [1.29, 1.82) is 0 Å². The summed E-state index contributed by atoms with van der Waals surface area (Å²) in [6, 6.07) is 15.0. The van der Waals surface area contributed by atoms with Gasteiger partial charge in [-0.05, 0) is 90.9 Å². The van der Waals surface area contributed by atoms with Crippen LogP contribution in [0.4, 0.5) is 17.3 Å². The number of nitrogens with one attached hydrogen (secondary N) is 1. The van der Waals surface area contributed by atoms with Crippen molar-refractivity contribution >= 4 is 58.3 Å². The van der Waals surface area contributed by atoms with Crippen LogP contribution in [0.1, 0.15) is 106 Å². The van der Waals surface area contributed by atoms with Crippen molar-refractivity contribution in [3.8, 4) is 11.5 Å². The van der Waals surface area contributed by atoms with Crippen LogP contribution in [0.3, 0.4) is 0 Å². The van der Waals surface area contributed by atoms with Crippen LogP contribution in [0, 0.1) is 5.41 Å². The maximum atomic E-state index is 13.0. The lowest BCUT2D eigenvalue weighted by molar-refractivity contribution is -0.134. The average molecular weight is 888 g/mol. The number of phenols is 2. The minimum absolute atomic E-state index is 0.00350. The van der Waals surface area contributed by atoms with Crippen molar-refractivity contribution < 1.29 is 24.6 Å². The zero-order chi connectivity index (χ0) is 45.1. The second-order valence-electron chi connectivity index (χ2n) is 16.8. The van der Waals surface area contributed by atoms with Crippen LogP contribution in [0.25, 0.3) is 0 Å². The molecule has 0 spiro atoms. The second kappa shape index (κ2) is 22.0. The first kappa shape index (κ1) is 48.1. The zero-order valence-electron chi connectivity index (χ0n) is 37.0. The Bertz CT molecular complexity index is 2210. The minimum atomic E-state index is -0.260. The number of piperazine rings is 1. The van der Waals surface area contributed by atoms with Gasteiger partial charge in [-0.2, -0.15) is 0 Å². The van der Waals surface area contributed by atoms with E-state index in [4.69, 9.17) is 23.1 Å². The van der Waals surface area contributed by atoms with Gasteiger partial charge in [0.25, 0.3) is 0 Å². The molecule has 334 valence electrons. The number of ketones is 1. The average Bonchev–Trinajstić information content (AvgIpc) is 3.25. The molecular formula is C47H63ClN8O5S. The third kappa shape index (κ3) is 12.6. The number of carbonyl (C=O) groups excluding carboxylic acids is 3. The molecule has 2 fully saturated rings. The van der Waals surface area contributed by atoms with E-state index >= 15 is 0 Å². The number of piperidine rings is 1. The first-order chi connectivity index (χ1) is 29.5. The fourth-order valence-electron chi connectivity index (χ4n) is 7.68. The van der Waals surface area contributed by atoms with Gasteiger partial charge in [0.1, 0.15) is 22.3 Å². The quantitative estimate of drug-likeness (QED) is 0.0768. The Morgan fingerprint density at radius 1 is 0.935 bits per heavy atom. The zero-order valence-corrected chi connectivity index (χ0v) is 38.5. The number of carbonyl (C=O) groups is 3. The van der Waals surface area contributed by atoms with Crippen molar-refractivity contribution in [2.75, 3.05) is 61.8 Å². The summed E-state index contributed by atoms with van der Waals surface area (Å²) in [5.74, 6) is 0.591. The summed E-state index contributed by atoms with van der Waals surface area (Å²) in [5, 5.41) is 22.7. The number of phenolic OH excluding ortho intramolecular Hbond substituents is 2. The highest BCUT2D eigenvalue weighted by Gasteiger charge is 2.30. The normalized spacial score (nSPS) is 15.2. The molecule has 7 N–H and O–H groups in total. The molecule has 0 atom stereocenters. The Labute approximate surface area is 375 Å². The largest absolute Gasteiger partial charge is 0.508 e. The Morgan fingerprint density at radius 3 is 2.24 bits per heavy atom. The topological polar surface area (TPSA) is 191 Å². The van der Waals surface area contributed by atoms with E-state index in [9.17, 15) is 24.6 Å². The van der Waals surface area contributed by atoms with E-state index in [0.717, 1.165) is 64.2 Å². The van der Waals surface area contributed by atoms with E-state index in [1.165, 1.54) is 47.5 Å². The van der Waals surface area contributed by atoms with E-state index in [-0.39, 0.29) is 58.8 Å². The summed E-state index contributed by atoms with van der Waals surface area (Å²) in [6.45, 7) is 18.1. The van der Waals surface area contributed by atoms with Gasteiger partial charge in [-0.3, -0.25) is 19.3 Å². The number of Topliss-reactive ketones (excluding diaryl/α,β-unsaturated/α-hetero) is 1. The van der Waals surface area contributed by atoms with Crippen molar-refractivity contribution in [2.24, 2.45) is 11.1 Å². The van der Waals surface area contributed by atoms with Crippen molar-refractivity contribution in [3.63, 3.8) is 0 Å². The summed E-state index contributed by atoms with van der Waals surface area (Å²) in [7, 11) is 0. The summed E-state index contributed by atoms with van der Waals surface area (Å²) in [4.78, 5) is 53.3. The Balaban J connectivity index is 0.000000441. The summed E-state index contributed by atoms with van der Waals surface area (Å²) in [5.41, 5.74) is 18.0. The number of amides is 2. The number of aromatic nitrogens is 2. The molecule has 0 radical (unpaired) electrons. The first-order valence-corrected chi connectivity index (χ1v) is 22.7. The standard InChI is InChI=1S/C36H49ClN8O2S.C11H14O3/c1-4-26-10-9-25(21-27(26)5-2)23-43-17-19-45(20-18-43)32(47)12-11-31(46)41-28-7-6-8-29(33(28)37)48-35-34(39)42-30(22-40-35)44-15-13-36(3,24-38)14-16-44;1-6(2)8-4-9(7(3)12)11(14)5-10(8)13/h6-10,21-22H,4-5,11-20,23-24,38H2,1-3H3,(H2,39,42)(H,41,46);4-6,13-14H,1-3H3. The van der Waals surface area contributed by atoms with Gasteiger partial charge in [-0.15, -0.1) is 0 Å². The van der Waals surface area contributed by atoms with Crippen molar-refractivity contribution in [3.05, 3.63) is 87.6 Å². The van der Waals surface area contributed by atoms with Gasteiger partial charge in [-0.1, -0.05) is 82.2 Å². The highest BCUT2D eigenvalue weighted by Crippen LogP contribution is 2.39. The number of anilines is 3. The van der Waals surface area contributed by atoms with Gasteiger partial charge in [0.2, 0.25) is 11.8 Å².